The molecule has 0 saturated heterocycles. The van der Waals surface area contributed by atoms with E-state index >= 15 is 0 Å². The van der Waals surface area contributed by atoms with Crippen molar-refractivity contribution in [2.24, 2.45) is 0 Å². The van der Waals surface area contributed by atoms with Crippen molar-refractivity contribution in [3.8, 4) is 17.4 Å². The first-order valence-electron chi connectivity index (χ1n) is 8.55. The Kier molecular flexibility index (Phi) is 5.39. The number of anilines is 1. The van der Waals surface area contributed by atoms with Crippen molar-refractivity contribution in [1.29, 1.82) is 0 Å². The standard InChI is InChI=1S/C20H20N4O4/c1-11-5-7-15(16(9-11)27-4)28-17-8-6-14(10-21-17)22-19(25)18-12(2)13(3)23-24-20(18)26/h5-10H,1-4H3,(H,22,25)(H,24,26). The zero-order chi connectivity index (χ0) is 20.3. The zero-order valence-electron chi connectivity index (χ0n) is 16.0. The van der Waals surface area contributed by atoms with Gasteiger partial charge in [0.05, 0.1) is 24.7 Å². The highest BCUT2D eigenvalue weighted by Crippen LogP contribution is 2.31. The van der Waals surface area contributed by atoms with Gasteiger partial charge in [-0.25, -0.2) is 10.1 Å². The minimum absolute atomic E-state index is 0.0252. The average molecular weight is 380 g/mol. The third-order valence-corrected chi connectivity index (χ3v) is 4.22. The Bertz CT molecular complexity index is 1070. The number of H-pyrrole nitrogens is 1. The van der Waals surface area contributed by atoms with Crippen molar-refractivity contribution in [2.75, 3.05) is 12.4 Å². The number of aromatic amines is 1. The van der Waals surface area contributed by atoms with Gasteiger partial charge in [0.15, 0.2) is 11.5 Å². The molecule has 8 heteroatoms. The van der Waals surface area contributed by atoms with Gasteiger partial charge in [-0.05, 0) is 50.1 Å². The van der Waals surface area contributed by atoms with Gasteiger partial charge < -0.3 is 14.8 Å². The summed E-state index contributed by atoms with van der Waals surface area (Å²) in [6.07, 6.45) is 1.45. The molecule has 0 spiro atoms. The molecule has 1 aromatic carbocycles. The minimum atomic E-state index is -0.542. The number of aryl methyl sites for hydroxylation is 2. The highest BCUT2D eigenvalue weighted by Gasteiger charge is 2.16. The van der Waals surface area contributed by atoms with Crippen molar-refractivity contribution in [2.45, 2.75) is 20.8 Å². The maximum Gasteiger partial charge on any atom is 0.277 e. The number of carbonyl (C=O) groups excluding carboxylic acids is 1. The second-order valence-electron chi connectivity index (χ2n) is 6.23. The molecule has 2 N–H and O–H groups in total. The van der Waals surface area contributed by atoms with Crippen molar-refractivity contribution in [3.63, 3.8) is 0 Å². The maximum absolute atomic E-state index is 12.5. The Morgan fingerprint density at radius 1 is 1.11 bits per heavy atom. The predicted octanol–water partition coefficient (Wildman–Crippen LogP) is 3.14. The Hall–Kier alpha value is -3.68. The topological polar surface area (TPSA) is 106 Å². The lowest BCUT2D eigenvalue weighted by molar-refractivity contribution is 0.102. The summed E-state index contributed by atoms with van der Waals surface area (Å²) in [6, 6.07) is 8.82. The normalized spacial score (nSPS) is 10.4. The average Bonchev–Trinajstić information content (AvgIpc) is 2.68. The van der Waals surface area contributed by atoms with Crippen LogP contribution in [0.4, 0.5) is 5.69 Å². The molecule has 2 aromatic heterocycles. The summed E-state index contributed by atoms with van der Waals surface area (Å²) in [5, 5.41) is 8.81. The van der Waals surface area contributed by atoms with Crippen LogP contribution in [0.3, 0.4) is 0 Å². The predicted molar refractivity (Wildman–Crippen MR) is 104 cm³/mol. The Balaban J connectivity index is 1.76. The molecule has 0 aliphatic heterocycles. The number of nitrogens with zero attached hydrogens (tertiary/aromatic N) is 2. The largest absolute Gasteiger partial charge is 0.493 e. The van der Waals surface area contributed by atoms with Crippen LogP contribution in [0.5, 0.6) is 17.4 Å². The molecule has 3 aromatic rings. The summed E-state index contributed by atoms with van der Waals surface area (Å²) in [4.78, 5) is 28.6. The van der Waals surface area contributed by atoms with Gasteiger partial charge in [-0.15, -0.1) is 0 Å². The highest BCUT2D eigenvalue weighted by atomic mass is 16.5. The molecule has 0 unspecified atom stereocenters. The van der Waals surface area contributed by atoms with Crippen LogP contribution in [-0.4, -0.2) is 28.2 Å². The molecule has 8 nitrogen and oxygen atoms in total. The summed E-state index contributed by atoms with van der Waals surface area (Å²) in [5.41, 5.74) is 2.07. The number of hydrogen-bond donors (Lipinski definition) is 2. The first kappa shape index (κ1) is 19.1. The van der Waals surface area contributed by atoms with Crippen molar-refractivity contribution >= 4 is 11.6 Å². The molecule has 0 fully saturated rings. The van der Waals surface area contributed by atoms with Crippen LogP contribution < -0.4 is 20.3 Å². The number of rotatable bonds is 5. The summed E-state index contributed by atoms with van der Waals surface area (Å²) >= 11 is 0. The van der Waals surface area contributed by atoms with Gasteiger partial charge in [-0.3, -0.25) is 9.59 Å². The van der Waals surface area contributed by atoms with Crippen LogP contribution in [0.2, 0.25) is 0 Å². The van der Waals surface area contributed by atoms with E-state index in [1.54, 1.807) is 39.2 Å². The van der Waals surface area contributed by atoms with Gasteiger partial charge in [0.1, 0.15) is 5.56 Å². The van der Waals surface area contributed by atoms with Gasteiger partial charge in [0.25, 0.3) is 11.5 Å². The lowest BCUT2D eigenvalue weighted by atomic mass is 10.1. The van der Waals surface area contributed by atoms with Crippen molar-refractivity contribution in [1.82, 2.24) is 15.2 Å². The van der Waals surface area contributed by atoms with E-state index in [-0.39, 0.29) is 5.56 Å². The molecule has 2 heterocycles. The Morgan fingerprint density at radius 3 is 2.57 bits per heavy atom. The van der Waals surface area contributed by atoms with E-state index in [2.05, 4.69) is 20.5 Å². The lowest BCUT2D eigenvalue weighted by Crippen LogP contribution is -2.26. The van der Waals surface area contributed by atoms with Gasteiger partial charge >= 0.3 is 0 Å². The number of hydrogen-bond acceptors (Lipinski definition) is 6. The second kappa shape index (κ2) is 7.91. The molecule has 0 aliphatic rings. The molecule has 0 radical (unpaired) electrons. The smallest absolute Gasteiger partial charge is 0.277 e. The molecule has 3 rings (SSSR count). The van der Waals surface area contributed by atoms with E-state index in [1.807, 2.05) is 19.1 Å². The van der Waals surface area contributed by atoms with Crippen LogP contribution >= 0.6 is 0 Å². The van der Waals surface area contributed by atoms with Gasteiger partial charge in [0, 0.05) is 6.07 Å². The fourth-order valence-corrected chi connectivity index (χ4v) is 2.58. The van der Waals surface area contributed by atoms with Crippen molar-refractivity contribution in [3.05, 3.63) is 69.3 Å². The van der Waals surface area contributed by atoms with E-state index in [9.17, 15) is 9.59 Å². The van der Waals surface area contributed by atoms with Crippen LogP contribution in [-0.2, 0) is 0 Å². The molecule has 0 atom stereocenters. The number of amides is 1. The van der Waals surface area contributed by atoms with E-state index in [1.165, 1.54) is 6.20 Å². The number of nitrogens with one attached hydrogen (secondary N) is 2. The van der Waals surface area contributed by atoms with Gasteiger partial charge in [-0.1, -0.05) is 6.07 Å². The number of ether oxygens (including phenoxy) is 2. The maximum atomic E-state index is 12.5. The summed E-state index contributed by atoms with van der Waals surface area (Å²) in [5.74, 6) is 0.947. The van der Waals surface area contributed by atoms with Crippen LogP contribution in [0.25, 0.3) is 0 Å². The zero-order valence-corrected chi connectivity index (χ0v) is 16.0. The Labute approximate surface area is 161 Å². The number of aromatic nitrogens is 3. The first-order chi connectivity index (χ1) is 13.4. The molecule has 28 heavy (non-hydrogen) atoms. The summed E-state index contributed by atoms with van der Waals surface area (Å²) in [6.45, 7) is 5.35. The van der Waals surface area contributed by atoms with E-state index in [4.69, 9.17) is 9.47 Å². The number of carbonyl (C=O) groups is 1. The third kappa shape index (κ3) is 4.01. The fraction of sp³-hybridized carbons (Fsp3) is 0.200. The van der Waals surface area contributed by atoms with E-state index in [0.29, 0.717) is 34.3 Å². The van der Waals surface area contributed by atoms with Gasteiger partial charge in [-0.2, -0.15) is 5.10 Å². The minimum Gasteiger partial charge on any atom is -0.493 e. The SMILES string of the molecule is COc1cc(C)ccc1Oc1ccc(NC(=O)c2c(C)c(C)n[nH]c2=O)cn1. The second-order valence-corrected chi connectivity index (χ2v) is 6.23. The van der Waals surface area contributed by atoms with E-state index < -0.39 is 11.5 Å². The monoisotopic (exact) mass is 380 g/mol. The molecule has 144 valence electrons. The molecule has 1 amide bonds. The quantitative estimate of drug-likeness (QED) is 0.704. The number of benzene rings is 1. The molecular formula is C20H20N4O4. The van der Waals surface area contributed by atoms with E-state index in [0.717, 1.165) is 5.56 Å². The van der Waals surface area contributed by atoms with Crippen molar-refractivity contribution < 1.29 is 14.3 Å². The summed E-state index contributed by atoms with van der Waals surface area (Å²) in [7, 11) is 1.57. The summed E-state index contributed by atoms with van der Waals surface area (Å²) < 4.78 is 11.1. The van der Waals surface area contributed by atoms with Crippen LogP contribution in [0, 0.1) is 20.8 Å². The highest BCUT2D eigenvalue weighted by molar-refractivity contribution is 6.05. The molecule has 0 saturated carbocycles. The molecule has 0 bridgehead atoms. The first-order valence-corrected chi connectivity index (χ1v) is 8.55. The van der Waals surface area contributed by atoms with Gasteiger partial charge in [0.2, 0.25) is 5.88 Å². The number of pyridine rings is 1. The number of methoxy groups -OCH3 is 1. The van der Waals surface area contributed by atoms with Crippen LogP contribution in [0.1, 0.15) is 27.2 Å². The Morgan fingerprint density at radius 2 is 1.89 bits per heavy atom. The lowest BCUT2D eigenvalue weighted by Gasteiger charge is -2.11. The third-order valence-electron chi connectivity index (χ3n) is 4.22. The molecule has 0 aliphatic carbocycles. The fourth-order valence-electron chi connectivity index (χ4n) is 2.58. The molecular weight excluding hydrogens is 360 g/mol. The van der Waals surface area contributed by atoms with Crippen LogP contribution in [0.15, 0.2) is 41.3 Å².